The van der Waals surface area contributed by atoms with Crippen molar-refractivity contribution in [2.45, 2.75) is 32.9 Å². The Morgan fingerprint density at radius 3 is 2.61 bits per heavy atom. The lowest BCUT2D eigenvalue weighted by molar-refractivity contribution is -0.137. The maximum absolute atomic E-state index is 12.5. The number of carbonyl (C=O) groups excluding carboxylic acids is 1. The number of alkyl halides is 3. The van der Waals surface area contributed by atoms with E-state index in [2.05, 4.69) is 15.4 Å². The highest BCUT2D eigenvalue weighted by Gasteiger charge is 2.30. The number of pyridine rings is 1. The van der Waals surface area contributed by atoms with Crippen LogP contribution in [0.3, 0.4) is 0 Å². The van der Waals surface area contributed by atoms with E-state index in [0.717, 1.165) is 25.1 Å². The van der Waals surface area contributed by atoms with Gasteiger partial charge >= 0.3 is 6.18 Å². The van der Waals surface area contributed by atoms with E-state index in [1.807, 2.05) is 6.92 Å². The zero-order chi connectivity index (χ0) is 17.0. The number of hydrogen-bond donors (Lipinski definition) is 1. The average molecular weight is 326 g/mol. The maximum Gasteiger partial charge on any atom is 0.417 e. The molecule has 0 unspecified atom stereocenters. The quantitative estimate of drug-likeness (QED) is 0.859. The van der Waals surface area contributed by atoms with Gasteiger partial charge in [0.15, 0.2) is 5.82 Å². The van der Waals surface area contributed by atoms with Gasteiger partial charge in [-0.25, -0.2) is 9.67 Å². The van der Waals surface area contributed by atoms with Crippen molar-refractivity contribution in [3.8, 4) is 5.82 Å². The third-order valence-electron chi connectivity index (χ3n) is 3.36. The van der Waals surface area contributed by atoms with Crippen LogP contribution in [0.2, 0.25) is 0 Å². The molecule has 0 radical (unpaired) electrons. The van der Waals surface area contributed by atoms with Crippen molar-refractivity contribution in [1.82, 2.24) is 20.1 Å². The van der Waals surface area contributed by atoms with Crippen LogP contribution in [0.4, 0.5) is 13.2 Å². The van der Waals surface area contributed by atoms with Gasteiger partial charge in [0, 0.05) is 12.7 Å². The Labute approximate surface area is 131 Å². The number of aromatic nitrogens is 3. The van der Waals surface area contributed by atoms with Gasteiger partial charge in [0.1, 0.15) is 0 Å². The smallest absolute Gasteiger partial charge is 0.352 e. The molecule has 2 aromatic rings. The predicted molar refractivity (Wildman–Crippen MR) is 78.3 cm³/mol. The molecule has 0 aliphatic rings. The highest BCUT2D eigenvalue weighted by molar-refractivity contribution is 5.95. The van der Waals surface area contributed by atoms with Gasteiger partial charge in [-0.15, -0.1) is 0 Å². The number of rotatable bonds is 5. The van der Waals surface area contributed by atoms with Crippen LogP contribution in [0.5, 0.6) is 0 Å². The fraction of sp³-hybridized carbons (Fsp3) is 0.400. The first-order valence-electron chi connectivity index (χ1n) is 7.21. The SMILES string of the molecule is CCCCNC(=O)c1cnn(-c2ccc(C(F)(F)F)cn2)c1C. The highest BCUT2D eigenvalue weighted by atomic mass is 19.4. The largest absolute Gasteiger partial charge is 0.417 e. The molecular formula is C15H17F3N4O. The van der Waals surface area contributed by atoms with Crippen LogP contribution in [0.25, 0.3) is 5.82 Å². The Hall–Kier alpha value is -2.38. The summed E-state index contributed by atoms with van der Waals surface area (Å²) < 4.78 is 39.0. The van der Waals surface area contributed by atoms with Gasteiger partial charge < -0.3 is 5.32 Å². The normalized spacial score (nSPS) is 11.5. The molecule has 0 spiro atoms. The molecule has 0 aromatic carbocycles. The zero-order valence-corrected chi connectivity index (χ0v) is 12.8. The Balaban J connectivity index is 2.20. The molecule has 0 atom stereocenters. The molecule has 0 saturated heterocycles. The molecule has 1 amide bonds. The summed E-state index contributed by atoms with van der Waals surface area (Å²) in [5.41, 5.74) is 0.0673. The molecule has 0 aliphatic heterocycles. The molecule has 2 rings (SSSR count). The summed E-state index contributed by atoms with van der Waals surface area (Å²) in [6, 6.07) is 2.16. The van der Waals surface area contributed by atoms with E-state index < -0.39 is 11.7 Å². The van der Waals surface area contributed by atoms with Gasteiger partial charge in [-0.2, -0.15) is 18.3 Å². The Morgan fingerprint density at radius 1 is 1.30 bits per heavy atom. The van der Waals surface area contributed by atoms with Gasteiger partial charge in [-0.1, -0.05) is 13.3 Å². The monoisotopic (exact) mass is 326 g/mol. The first kappa shape index (κ1) is 17.0. The number of hydrogen-bond acceptors (Lipinski definition) is 3. The van der Waals surface area contributed by atoms with Crippen LogP contribution in [0, 0.1) is 6.92 Å². The van der Waals surface area contributed by atoms with E-state index >= 15 is 0 Å². The number of nitrogens with zero attached hydrogens (tertiary/aromatic N) is 3. The lowest BCUT2D eigenvalue weighted by Crippen LogP contribution is -2.24. The molecule has 0 bridgehead atoms. The number of carbonyl (C=O) groups is 1. The van der Waals surface area contributed by atoms with E-state index in [4.69, 9.17) is 0 Å². The molecule has 8 heteroatoms. The predicted octanol–water partition coefficient (Wildman–Crippen LogP) is 3.12. The summed E-state index contributed by atoms with van der Waals surface area (Å²) in [4.78, 5) is 15.8. The molecule has 2 aromatic heterocycles. The first-order chi connectivity index (χ1) is 10.8. The molecule has 0 fully saturated rings. The lowest BCUT2D eigenvalue weighted by atomic mass is 10.2. The first-order valence-corrected chi connectivity index (χ1v) is 7.21. The zero-order valence-electron chi connectivity index (χ0n) is 12.8. The minimum atomic E-state index is -4.44. The number of nitrogens with one attached hydrogen (secondary N) is 1. The second kappa shape index (κ2) is 6.80. The topological polar surface area (TPSA) is 59.8 Å². The number of halogens is 3. The van der Waals surface area contributed by atoms with Crippen LogP contribution in [0.15, 0.2) is 24.5 Å². The summed E-state index contributed by atoms with van der Waals surface area (Å²) in [5.74, 6) is -0.0304. The Kier molecular flexibility index (Phi) is 5.02. The summed E-state index contributed by atoms with van der Waals surface area (Å²) >= 11 is 0. The van der Waals surface area contributed by atoms with Crippen molar-refractivity contribution in [2.75, 3.05) is 6.54 Å². The van der Waals surface area contributed by atoms with Crippen molar-refractivity contribution in [1.29, 1.82) is 0 Å². The van der Waals surface area contributed by atoms with Crippen molar-refractivity contribution < 1.29 is 18.0 Å². The Bertz CT molecular complexity index is 677. The molecule has 2 heterocycles. The summed E-state index contributed by atoms with van der Waals surface area (Å²) in [6.45, 7) is 4.26. The molecule has 0 aliphatic carbocycles. The summed E-state index contributed by atoms with van der Waals surface area (Å²) in [6.07, 6.45) is -0.462. The maximum atomic E-state index is 12.5. The van der Waals surface area contributed by atoms with E-state index in [1.165, 1.54) is 16.9 Å². The molecule has 124 valence electrons. The van der Waals surface area contributed by atoms with E-state index in [0.29, 0.717) is 17.8 Å². The van der Waals surface area contributed by atoms with E-state index in [-0.39, 0.29) is 11.7 Å². The van der Waals surface area contributed by atoms with Crippen molar-refractivity contribution >= 4 is 5.91 Å². The molecule has 5 nitrogen and oxygen atoms in total. The summed E-state index contributed by atoms with van der Waals surface area (Å²) in [7, 11) is 0. The average Bonchev–Trinajstić information content (AvgIpc) is 2.88. The molecule has 23 heavy (non-hydrogen) atoms. The third-order valence-corrected chi connectivity index (χ3v) is 3.36. The van der Waals surface area contributed by atoms with Crippen molar-refractivity contribution in [2.24, 2.45) is 0 Å². The van der Waals surface area contributed by atoms with Gasteiger partial charge in [-0.05, 0) is 25.5 Å². The fourth-order valence-corrected chi connectivity index (χ4v) is 2.02. The number of unbranched alkanes of at least 4 members (excludes halogenated alkanes) is 1. The van der Waals surface area contributed by atoms with Gasteiger partial charge in [0.2, 0.25) is 0 Å². The number of amides is 1. The van der Waals surface area contributed by atoms with Crippen LogP contribution in [0.1, 0.15) is 41.4 Å². The van der Waals surface area contributed by atoms with E-state index in [9.17, 15) is 18.0 Å². The lowest BCUT2D eigenvalue weighted by Gasteiger charge is -2.08. The standard InChI is InChI=1S/C15H17F3N4O/c1-3-4-7-19-14(23)12-9-21-22(10(12)2)13-6-5-11(8-20-13)15(16,17)18/h5-6,8-9H,3-4,7H2,1-2H3,(H,19,23). The highest BCUT2D eigenvalue weighted by Crippen LogP contribution is 2.28. The molecular weight excluding hydrogens is 309 g/mol. The second-order valence-corrected chi connectivity index (χ2v) is 5.07. The van der Waals surface area contributed by atoms with Gasteiger partial charge in [0.25, 0.3) is 5.91 Å². The molecule has 0 saturated carbocycles. The van der Waals surface area contributed by atoms with Crippen LogP contribution < -0.4 is 5.32 Å². The van der Waals surface area contributed by atoms with E-state index in [1.54, 1.807) is 6.92 Å². The minimum Gasteiger partial charge on any atom is -0.352 e. The van der Waals surface area contributed by atoms with Crippen LogP contribution >= 0.6 is 0 Å². The van der Waals surface area contributed by atoms with Crippen molar-refractivity contribution in [3.63, 3.8) is 0 Å². The third kappa shape index (κ3) is 3.88. The Morgan fingerprint density at radius 2 is 2.04 bits per heavy atom. The van der Waals surface area contributed by atoms with Crippen molar-refractivity contribution in [3.05, 3.63) is 41.3 Å². The second-order valence-electron chi connectivity index (χ2n) is 5.07. The van der Waals surface area contributed by atoms with Crippen LogP contribution in [-0.4, -0.2) is 27.2 Å². The fourth-order valence-electron chi connectivity index (χ4n) is 2.02. The van der Waals surface area contributed by atoms with Gasteiger partial charge in [0.05, 0.1) is 23.0 Å². The molecule has 1 N–H and O–H groups in total. The minimum absolute atomic E-state index is 0.225. The summed E-state index contributed by atoms with van der Waals surface area (Å²) in [5, 5.41) is 6.81. The van der Waals surface area contributed by atoms with Gasteiger partial charge in [-0.3, -0.25) is 4.79 Å². The van der Waals surface area contributed by atoms with Crippen LogP contribution in [-0.2, 0) is 6.18 Å².